The van der Waals surface area contributed by atoms with Crippen molar-refractivity contribution in [2.45, 2.75) is 31.6 Å². The zero-order valence-corrected chi connectivity index (χ0v) is 15.7. The Morgan fingerprint density at radius 1 is 1.25 bits per heavy atom. The van der Waals surface area contributed by atoms with Gasteiger partial charge in [0, 0.05) is 4.47 Å². The highest BCUT2D eigenvalue weighted by Crippen LogP contribution is 2.40. The molecule has 6 nitrogen and oxygen atoms in total. The molecule has 0 spiro atoms. The molecule has 2 aromatic rings. The third-order valence-electron chi connectivity index (χ3n) is 3.37. The summed E-state index contributed by atoms with van der Waals surface area (Å²) in [6.45, 7) is 3.88. The van der Waals surface area contributed by atoms with E-state index in [0.29, 0.717) is 16.3 Å². The zero-order chi connectivity index (χ0) is 17.7. The van der Waals surface area contributed by atoms with E-state index < -0.39 is 0 Å². The van der Waals surface area contributed by atoms with Crippen LogP contribution in [0.5, 0.6) is 5.75 Å². The van der Waals surface area contributed by atoms with E-state index in [1.54, 1.807) is 18.2 Å². The van der Waals surface area contributed by atoms with Gasteiger partial charge in [-0.3, -0.25) is 10.7 Å². The fraction of sp³-hybridized carbons (Fsp3) is 0.250. The summed E-state index contributed by atoms with van der Waals surface area (Å²) in [6, 6.07) is 7.04. The molecule has 8 heteroatoms. The van der Waals surface area contributed by atoms with Gasteiger partial charge in [0.15, 0.2) is 5.75 Å². The van der Waals surface area contributed by atoms with Crippen LogP contribution >= 0.6 is 27.9 Å². The molecule has 0 aliphatic heterocycles. The van der Waals surface area contributed by atoms with Crippen molar-refractivity contribution in [1.82, 2.24) is 0 Å². The number of benzene rings is 2. The second-order valence-corrected chi connectivity index (χ2v) is 7.04. The summed E-state index contributed by atoms with van der Waals surface area (Å²) >= 11 is 4.62. The van der Waals surface area contributed by atoms with Crippen LogP contribution in [-0.2, 0) is 6.42 Å². The van der Waals surface area contributed by atoms with Crippen molar-refractivity contribution in [2.75, 3.05) is 10.2 Å². The number of aryl methyl sites for hydroxylation is 2. The van der Waals surface area contributed by atoms with Gasteiger partial charge in [0.05, 0.1) is 10.6 Å². The second kappa shape index (κ2) is 8.36. The van der Waals surface area contributed by atoms with Crippen LogP contribution in [0.4, 0.5) is 17.1 Å². The van der Waals surface area contributed by atoms with Crippen LogP contribution in [0.25, 0.3) is 0 Å². The highest BCUT2D eigenvalue weighted by Gasteiger charge is 2.14. The number of nitrogens with one attached hydrogen (secondary N) is 2. The third kappa shape index (κ3) is 4.19. The first-order chi connectivity index (χ1) is 11.5. The van der Waals surface area contributed by atoms with Gasteiger partial charge in [-0.25, -0.2) is 0 Å². The molecule has 2 rings (SSSR count). The molecule has 0 aliphatic carbocycles. The van der Waals surface area contributed by atoms with Gasteiger partial charge in [0.2, 0.25) is 0 Å². The van der Waals surface area contributed by atoms with Crippen molar-refractivity contribution in [1.29, 1.82) is 0 Å². The van der Waals surface area contributed by atoms with Crippen molar-refractivity contribution < 1.29 is 10.3 Å². The quantitative estimate of drug-likeness (QED) is 0.201. The van der Waals surface area contributed by atoms with Gasteiger partial charge in [0.1, 0.15) is 11.4 Å². The van der Waals surface area contributed by atoms with Crippen LogP contribution < -0.4 is 10.2 Å². The molecule has 0 radical (unpaired) electrons. The molecule has 128 valence electrons. The summed E-state index contributed by atoms with van der Waals surface area (Å²) in [7, 11) is 0. The van der Waals surface area contributed by atoms with Gasteiger partial charge in [-0.05, 0) is 65.9 Å². The summed E-state index contributed by atoms with van der Waals surface area (Å²) < 4.78 is 3.87. The molecular weight excluding hydrogens is 394 g/mol. The molecule has 0 saturated carbocycles. The number of phenols is 1. The van der Waals surface area contributed by atoms with Crippen molar-refractivity contribution in [2.24, 2.45) is 5.18 Å². The average molecular weight is 412 g/mol. The molecule has 24 heavy (non-hydrogen) atoms. The zero-order valence-electron chi connectivity index (χ0n) is 13.3. The summed E-state index contributed by atoms with van der Waals surface area (Å²) in [5.41, 5.74) is 4.70. The van der Waals surface area contributed by atoms with E-state index in [1.807, 2.05) is 25.4 Å². The molecular formula is C16H18BrN3O3S. The van der Waals surface area contributed by atoms with Gasteiger partial charge >= 0.3 is 0 Å². The number of hydrogen-bond acceptors (Lipinski definition) is 7. The van der Waals surface area contributed by atoms with E-state index >= 15 is 0 Å². The summed E-state index contributed by atoms with van der Waals surface area (Å²) in [4.78, 5) is 11.9. The van der Waals surface area contributed by atoms with Gasteiger partial charge in [-0.15, -0.1) is 4.91 Å². The minimum Gasteiger partial charge on any atom is -0.504 e. The van der Waals surface area contributed by atoms with Crippen LogP contribution in [0.3, 0.4) is 0 Å². The Labute approximate surface area is 152 Å². The van der Waals surface area contributed by atoms with E-state index in [4.69, 9.17) is 5.21 Å². The fourth-order valence-corrected chi connectivity index (χ4v) is 3.80. The van der Waals surface area contributed by atoms with Crippen molar-refractivity contribution in [3.63, 3.8) is 0 Å². The van der Waals surface area contributed by atoms with Crippen molar-refractivity contribution >= 4 is 44.9 Å². The molecule has 0 aromatic heterocycles. The van der Waals surface area contributed by atoms with E-state index in [-0.39, 0.29) is 11.4 Å². The summed E-state index contributed by atoms with van der Waals surface area (Å²) in [5, 5.41) is 22.3. The first kappa shape index (κ1) is 18.6. The molecule has 0 fully saturated rings. The van der Waals surface area contributed by atoms with Gasteiger partial charge in [0.25, 0.3) is 0 Å². The fourth-order valence-electron chi connectivity index (χ4n) is 2.32. The average Bonchev–Trinajstić information content (AvgIpc) is 2.55. The SMILES string of the molecule is CCCc1cc(Br)cc(SNc2cc(C)cc(NO)c2O)c1N=O. The number of anilines is 2. The van der Waals surface area contributed by atoms with Crippen LogP contribution in [0, 0.1) is 11.8 Å². The van der Waals surface area contributed by atoms with Gasteiger partial charge < -0.3 is 9.83 Å². The lowest BCUT2D eigenvalue weighted by atomic mass is 10.1. The standard InChI is InChI=1S/C16H18BrN3O3S/c1-3-4-10-7-11(17)8-14(15(10)19-23)24-20-13-6-9(2)5-12(18-22)16(13)21/h5-8,18,20-22H,3-4H2,1-2H3. The maximum absolute atomic E-state index is 11.3. The first-order valence-electron chi connectivity index (χ1n) is 7.32. The maximum atomic E-state index is 11.3. The number of halogens is 1. The van der Waals surface area contributed by atoms with E-state index in [9.17, 15) is 10.0 Å². The monoisotopic (exact) mass is 411 g/mol. The number of hydrogen-bond donors (Lipinski definition) is 4. The second-order valence-electron chi connectivity index (χ2n) is 5.28. The van der Waals surface area contributed by atoms with Gasteiger partial charge in [-0.1, -0.05) is 29.3 Å². The Hall–Kier alpha value is -1.77. The Morgan fingerprint density at radius 2 is 1.96 bits per heavy atom. The molecule has 0 saturated heterocycles. The Morgan fingerprint density at radius 3 is 2.58 bits per heavy atom. The summed E-state index contributed by atoms with van der Waals surface area (Å²) in [6.07, 6.45) is 1.66. The number of phenolic OH excluding ortho intramolecular Hbond substituents is 1. The van der Waals surface area contributed by atoms with Crippen molar-refractivity contribution in [3.8, 4) is 5.75 Å². The van der Waals surface area contributed by atoms with E-state index in [0.717, 1.165) is 28.4 Å². The number of rotatable bonds is 7. The molecule has 0 aliphatic rings. The molecule has 0 amide bonds. The molecule has 0 atom stereocenters. The van der Waals surface area contributed by atoms with Gasteiger partial charge in [-0.2, -0.15) is 0 Å². The van der Waals surface area contributed by atoms with Crippen molar-refractivity contribution in [3.05, 3.63) is 44.8 Å². The largest absolute Gasteiger partial charge is 0.504 e. The molecule has 2 aromatic carbocycles. The summed E-state index contributed by atoms with van der Waals surface area (Å²) in [5.74, 6) is -0.111. The predicted molar refractivity (Wildman–Crippen MR) is 101 cm³/mol. The highest BCUT2D eigenvalue weighted by atomic mass is 79.9. The molecule has 0 heterocycles. The first-order valence-corrected chi connectivity index (χ1v) is 8.93. The molecule has 4 N–H and O–H groups in total. The normalized spacial score (nSPS) is 10.5. The van der Waals surface area contributed by atoms with Crippen LogP contribution in [0.1, 0.15) is 24.5 Å². The lowest BCUT2D eigenvalue weighted by Crippen LogP contribution is -1.96. The van der Waals surface area contributed by atoms with E-state index in [1.165, 1.54) is 11.9 Å². The van der Waals surface area contributed by atoms with Crippen LogP contribution in [-0.4, -0.2) is 10.3 Å². The Balaban J connectivity index is 2.33. The number of nitrogens with zero attached hydrogens (tertiary/aromatic N) is 1. The van der Waals surface area contributed by atoms with E-state index in [2.05, 4.69) is 25.8 Å². The third-order valence-corrected chi connectivity index (χ3v) is 4.69. The Kier molecular flexibility index (Phi) is 6.47. The molecule has 0 bridgehead atoms. The lowest BCUT2D eigenvalue weighted by Gasteiger charge is -2.14. The highest BCUT2D eigenvalue weighted by molar-refractivity contribution is 9.10. The minimum atomic E-state index is -0.111. The lowest BCUT2D eigenvalue weighted by molar-refractivity contribution is 0.381. The maximum Gasteiger partial charge on any atom is 0.165 e. The topological polar surface area (TPSA) is 93.9 Å². The van der Waals surface area contributed by atoms with Crippen LogP contribution in [0.2, 0.25) is 0 Å². The smallest absolute Gasteiger partial charge is 0.165 e. The molecule has 0 unspecified atom stereocenters. The number of aromatic hydroxyl groups is 1. The minimum absolute atomic E-state index is 0.111. The Bertz CT molecular complexity index is 756. The number of nitroso groups, excluding NO2 is 1. The predicted octanol–water partition coefficient (Wildman–Crippen LogP) is 5.73. The van der Waals surface area contributed by atoms with Crippen LogP contribution in [0.15, 0.2) is 38.8 Å².